The van der Waals surface area contributed by atoms with Gasteiger partial charge < -0.3 is 10.1 Å². The summed E-state index contributed by atoms with van der Waals surface area (Å²) < 4.78 is 7.21. The van der Waals surface area contributed by atoms with Crippen LogP contribution in [0.3, 0.4) is 0 Å². The van der Waals surface area contributed by atoms with Crippen LogP contribution in [0.1, 0.15) is 18.2 Å². The predicted octanol–water partition coefficient (Wildman–Crippen LogP) is 4.46. The zero-order valence-electron chi connectivity index (χ0n) is 16.0. The van der Waals surface area contributed by atoms with Gasteiger partial charge in [0.25, 0.3) is 11.6 Å². The fourth-order valence-corrected chi connectivity index (χ4v) is 2.84. The summed E-state index contributed by atoms with van der Waals surface area (Å²) in [5.74, 6) is 0.465. The average Bonchev–Trinajstić information content (AvgIpc) is 3.04. The second kappa shape index (κ2) is 8.32. The summed E-state index contributed by atoms with van der Waals surface area (Å²) in [6.45, 7) is 5.30. The van der Waals surface area contributed by atoms with Gasteiger partial charge in [0.2, 0.25) is 0 Å². The normalized spacial score (nSPS) is 11.7. The SMILES string of the molecule is Cc1ccc(Cl)c(OC(C)C(=O)Nc2cc(C)nn2-c2ccc([N+](=O)[O-])cc2)c1. The molecule has 3 rings (SSSR count). The molecule has 3 aromatic rings. The Hall–Kier alpha value is -3.39. The van der Waals surface area contributed by atoms with Gasteiger partial charge in [0.15, 0.2) is 6.10 Å². The van der Waals surface area contributed by atoms with Crippen molar-refractivity contribution in [3.8, 4) is 11.4 Å². The molecule has 0 saturated carbocycles. The Morgan fingerprint density at radius 2 is 1.90 bits per heavy atom. The van der Waals surface area contributed by atoms with Crippen molar-refractivity contribution >= 4 is 29.0 Å². The molecule has 0 saturated heterocycles. The summed E-state index contributed by atoms with van der Waals surface area (Å²) >= 11 is 6.13. The van der Waals surface area contributed by atoms with Gasteiger partial charge in [0.1, 0.15) is 11.6 Å². The molecule has 1 unspecified atom stereocenters. The molecule has 0 bridgehead atoms. The number of carbonyl (C=O) groups excluding carboxylic acids is 1. The highest BCUT2D eigenvalue weighted by molar-refractivity contribution is 6.32. The highest BCUT2D eigenvalue weighted by atomic mass is 35.5. The second-order valence-electron chi connectivity index (χ2n) is 6.54. The maximum Gasteiger partial charge on any atom is 0.269 e. The van der Waals surface area contributed by atoms with E-state index in [0.717, 1.165) is 5.56 Å². The van der Waals surface area contributed by atoms with Gasteiger partial charge in [-0.15, -0.1) is 0 Å². The Morgan fingerprint density at radius 1 is 1.21 bits per heavy atom. The molecule has 0 aliphatic carbocycles. The molecule has 0 aliphatic rings. The van der Waals surface area contributed by atoms with Crippen LogP contribution in [0.2, 0.25) is 5.02 Å². The molecular formula is C20H19ClN4O4. The molecule has 1 aromatic heterocycles. The number of non-ortho nitro benzene ring substituents is 1. The third kappa shape index (κ3) is 4.72. The lowest BCUT2D eigenvalue weighted by molar-refractivity contribution is -0.384. The number of amides is 1. The van der Waals surface area contributed by atoms with Crippen LogP contribution in [0.4, 0.5) is 11.5 Å². The number of ether oxygens (including phenoxy) is 1. The van der Waals surface area contributed by atoms with E-state index in [1.807, 2.05) is 13.0 Å². The molecular weight excluding hydrogens is 396 g/mol. The number of anilines is 1. The Bertz CT molecular complexity index is 1060. The van der Waals surface area contributed by atoms with Crippen molar-refractivity contribution in [2.24, 2.45) is 0 Å². The van der Waals surface area contributed by atoms with Crippen molar-refractivity contribution in [3.63, 3.8) is 0 Å². The number of carbonyl (C=O) groups is 1. The number of nitrogens with zero attached hydrogens (tertiary/aromatic N) is 3. The molecule has 1 N–H and O–H groups in total. The smallest absolute Gasteiger partial charge is 0.269 e. The fraction of sp³-hybridized carbons (Fsp3) is 0.200. The van der Waals surface area contributed by atoms with E-state index in [1.165, 1.54) is 16.8 Å². The number of nitro groups is 1. The summed E-state index contributed by atoms with van der Waals surface area (Å²) in [6, 6.07) is 12.9. The molecule has 150 valence electrons. The van der Waals surface area contributed by atoms with Crippen molar-refractivity contribution in [1.82, 2.24) is 9.78 Å². The Morgan fingerprint density at radius 3 is 2.55 bits per heavy atom. The van der Waals surface area contributed by atoms with E-state index in [9.17, 15) is 14.9 Å². The van der Waals surface area contributed by atoms with Crippen molar-refractivity contribution in [3.05, 3.63) is 74.9 Å². The Labute approximate surface area is 172 Å². The van der Waals surface area contributed by atoms with E-state index >= 15 is 0 Å². The highest BCUT2D eigenvalue weighted by Crippen LogP contribution is 2.27. The first-order chi connectivity index (χ1) is 13.7. The summed E-state index contributed by atoms with van der Waals surface area (Å²) in [4.78, 5) is 23.0. The molecule has 0 radical (unpaired) electrons. The molecule has 0 aliphatic heterocycles. The molecule has 9 heteroatoms. The highest BCUT2D eigenvalue weighted by Gasteiger charge is 2.19. The maximum absolute atomic E-state index is 12.6. The molecule has 1 atom stereocenters. The van der Waals surface area contributed by atoms with Crippen LogP contribution in [0.15, 0.2) is 48.5 Å². The van der Waals surface area contributed by atoms with E-state index in [4.69, 9.17) is 16.3 Å². The fourth-order valence-electron chi connectivity index (χ4n) is 2.67. The Balaban J connectivity index is 1.78. The van der Waals surface area contributed by atoms with Crippen molar-refractivity contribution in [2.75, 3.05) is 5.32 Å². The predicted molar refractivity (Wildman–Crippen MR) is 110 cm³/mol. The number of benzene rings is 2. The van der Waals surface area contributed by atoms with Crippen LogP contribution in [-0.4, -0.2) is 26.7 Å². The summed E-state index contributed by atoms with van der Waals surface area (Å²) in [7, 11) is 0. The molecule has 1 amide bonds. The van der Waals surface area contributed by atoms with Crippen LogP contribution in [0, 0.1) is 24.0 Å². The first-order valence-electron chi connectivity index (χ1n) is 8.80. The second-order valence-corrected chi connectivity index (χ2v) is 6.95. The topological polar surface area (TPSA) is 99.3 Å². The number of aromatic nitrogens is 2. The van der Waals surface area contributed by atoms with Crippen LogP contribution in [0.5, 0.6) is 5.75 Å². The number of nitro benzene ring substituents is 1. The Kier molecular flexibility index (Phi) is 5.84. The van der Waals surface area contributed by atoms with Gasteiger partial charge >= 0.3 is 0 Å². The zero-order chi connectivity index (χ0) is 21.1. The molecule has 0 fully saturated rings. The zero-order valence-corrected chi connectivity index (χ0v) is 16.8. The number of aryl methyl sites for hydroxylation is 2. The summed E-state index contributed by atoms with van der Waals surface area (Å²) in [6.07, 6.45) is -0.810. The minimum absolute atomic E-state index is 0.0275. The largest absolute Gasteiger partial charge is 0.479 e. The minimum atomic E-state index is -0.810. The van der Waals surface area contributed by atoms with Crippen LogP contribution in [0.25, 0.3) is 5.69 Å². The molecule has 29 heavy (non-hydrogen) atoms. The summed E-state index contributed by atoms with van der Waals surface area (Å²) in [5.41, 5.74) is 2.19. The monoisotopic (exact) mass is 414 g/mol. The van der Waals surface area contributed by atoms with Gasteiger partial charge in [-0.1, -0.05) is 17.7 Å². The van der Waals surface area contributed by atoms with Gasteiger partial charge in [0, 0.05) is 18.2 Å². The van der Waals surface area contributed by atoms with Gasteiger partial charge in [-0.25, -0.2) is 4.68 Å². The average molecular weight is 415 g/mol. The molecule has 1 heterocycles. The molecule has 2 aromatic carbocycles. The van der Waals surface area contributed by atoms with E-state index < -0.39 is 11.0 Å². The molecule has 8 nitrogen and oxygen atoms in total. The van der Waals surface area contributed by atoms with E-state index in [2.05, 4.69) is 10.4 Å². The minimum Gasteiger partial charge on any atom is -0.479 e. The number of rotatable bonds is 6. The van der Waals surface area contributed by atoms with Gasteiger partial charge in [0.05, 0.1) is 21.3 Å². The molecule has 0 spiro atoms. The first-order valence-corrected chi connectivity index (χ1v) is 9.17. The van der Waals surface area contributed by atoms with Gasteiger partial charge in [-0.3, -0.25) is 14.9 Å². The number of nitrogens with one attached hydrogen (secondary N) is 1. The number of halogens is 1. The third-order valence-corrected chi connectivity index (χ3v) is 4.46. The number of hydrogen-bond acceptors (Lipinski definition) is 5. The van der Waals surface area contributed by atoms with Gasteiger partial charge in [-0.2, -0.15) is 5.10 Å². The van der Waals surface area contributed by atoms with Crippen molar-refractivity contribution in [1.29, 1.82) is 0 Å². The van der Waals surface area contributed by atoms with Gasteiger partial charge in [-0.05, 0) is 50.6 Å². The number of hydrogen-bond donors (Lipinski definition) is 1. The third-order valence-electron chi connectivity index (χ3n) is 4.15. The van der Waals surface area contributed by atoms with E-state index in [1.54, 1.807) is 44.2 Å². The standard InChI is InChI=1S/C20H19ClN4O4/c1-12-4-9-17(21)18(10-12)29-14(3)20(26)22-19-11-13(2)23-24(19)15-5-7-16(8-6-15)25(27)28/h4-11,14H,1-3H3,(H,22,26). The first kappa shape index (κ1) is 20.3. The van der Waals surface area contributed by atoms with Crippen LogP contribution in [-0.2, 0) is 4.79 Å². The van der Waals surface area contributed by atoms with Crippen LogP contribution >= 0.6 is 11.6 Å². The quantitative estimate of drug-likeness (QED) is 0.474. The van der Waals surface area contributed by atoms with E-state index in [0.29, 0.717) is 28.0 Å². The lowest BCUT2D eigenvalue weighted by atomic mass is 10.2. The van der Waals surface area contributed by atoms with E-state index in [-0.39, 0.29) is 11.6 Å². The van der Waals surface area contributed by atoms with Crippen LogP contribution < -0.4 is 10.1 Å². The lowest BCUT2D eigenvalue weighted by Gasteiger charge is -2.16. The van der Waals surface area contributed by atoms with Crippen molar-refractivity contribution < 1.29 is 14.5 Å². The van der Waals surface area contributed by atoms with Crippen molar-refractivity contribution in [2.45, 2.75) is 26.9 Å². The summed E-state index contributed by atoms with van der Waals surface area (Å²) in [5, 5.41) is 18.4. The maximum atomic E-state index is 12.6. The lowest BCUT2D eigenvalue weighted by Crippen LogP contribution is -2.31.